The van der Waals surface area contributed by atoms with Gasteiger partial charge in [-0.1, -0.05) is 25.0 Å². The minimum atomic E-state index is 0.0851. The summed E-state index contributed by atoms with van der Waals surface area (Å²) in [5.74, 6) is 4.39. The zero-order chi connectivity index (χ0) is 23.1. The van der Waals surface area contributed by atoms with Crippen LogP contribution in [0.1, 0.15) is 105 Å². The van der Waals surface area contributed by atoms with Crippen LogP contribution in [0.3, 0.4) is 0 Å². The summed E-state index contributed by atoms with van der Waals surface area (Å²) in [4.78, 5) is 15.0. The number of piperidine rings is 1. The molecule has 0 unspecified atom stereocenters. The summed E-state index contributed by atoms with van der Waals surface area (Å²) in [6, 6.07) is 1.24. The SMILES string of the molecule is CC1=C2C[C@H]3[C@@H](CC[C@@H]4CC(=O)CC[C@@]43C)[C@@H]2CC[C@]2(C1)C[C@H]1[C@@H](C[C@H](C)CN1C(C)C)O2. The Labute approximate surface area is 202 Å². The first kappa shape index (κ1) is 22.8. The highest BCUT2D eigenvalue weighted by Gasteiger charge is 2.58. The molecule has 0 aromatic carbocycles. The molecule has 2 saturated heterocycles. The molecule has 0 bridgehead atoms. The number of ether oxygens (including phenoxy) is 1. The maximum absolute atomic E-state index is 12.2. The molecule has 0 aromatic rings. The molecule has 0 aromatic heterocycles. The Morgan fingerprint density at radius 3 is 2.73 bits per heavy atom. The minimum Gasteiger partial charge on any atom is -0.370 e. The van der Waals surface area contributed by atoms with E-state index in [2.05, 4.69) is 39.5 Å². The highest BCUT2D eigenvalue weighted by molar-refractivity contribution is 5.79. The third kappa shape index (κ3) is 3.53. The van der Waals surface area contributed by atoms with Crippen LogP contribution in [-0.4, -0.2) is 41.0 Å². The number of carbonyl (C=O) groups excluding carboxylic acids is 1. The van der Waals surface area contributed by atoms with Gasteiger partial charge in [0.15, 0.2) is 0 Å². The molecular formula is C30H47NO2. The fourth-order valence-electron chi connectivity index (χ4n) is 10.1. The van der Waals surface area contributed by atoms with Crippen molar-refractivity contribution in [1.82, 2.24) is 4.90 Å². The Kier molecular flexibility index (Phi) is 5.46. The smallest absolute Gasteiger partial charge is 0.133 e. The van der Waals surface area contributed by atoms with E-state index in [-0.39, 0.29) is 5.60 Å². The van der Waals surface area contributed by atoms with Gasteiger partial charge in [-0.05, 0) is 114 Å². The van der Waals surface area contributed by atoms with Gasteiger partial charge in [0, 0.05) is 31.5 Å². The van der Waals surface area contributed by atoms with E-state index < -0.39 is 0 Å². The number of carbonyl (C=O) groups is 1. The van der Waals surface area contributed by atoms with Gasteiger partial charge in [-0.3, -0.25) is 9.69 Å². The number of ketones is 1. The van der Waals surface area contributed by atoms with Gasteiger partial charge in [0.1, 0.15) is 5.78 Å². The van der Waals surface area contributed by atoms with Crippen LogP contribution in [0.15, 0.2) is 11.1 Å². The molecule has 3 heteroatoms. The number of allylic oxidation sites excluding steroid dienone is 1. The number of Topliss-reactive ketones (excluding diaryl/α,β-unsaturated/α-hetero) is 1. The molecule has 0 N–H and O–H groups in total. The summed E-state index contributed by atoms with van der Waals surface area (Å²) in [6.45, 7) is 13.4. The van der Waals surface area contributed by atoms with Crippen molar-refractivity contribution in [3.63, 3.8) is 0 Å². The predicted octanol–water partition coefficient (Wildman–Crippen LogP) is 6.55. The summed E-state index contributed by atoms with van der Waals surface area (Å²) in [6.07, 6.45) is 13.5. The van der Waals surface area contributed by atoms with E-state index in [1.54, 1.807) is 5.57 Å². The van der Waals surface area contributed by atoms with E-state index in [0.29, 0.717) is 35.3 Å². The average molecular weight is 454 g/mol. The second kappa shape index (κ2) is 7.92. The fraction of sp³-hybridized carbons (Fsp3) is 0.900. The van der Waals surface area contributed by atoms with E-state index >= 15 is 0 Å². The number of nitrogens with zero attached hydrogens (tertiary/aromatic N) is 1. The van der Waals surface area contributed by atoms with Crippen molar-refractivity contribution in [1.29, 1.82) is 0 Å². The van der Waals surface area contributed by atoms with Crippen molar-refractivity contribution >= 4 is 5.78 Å². The molecule has 33 heavy (non-hydrogen) atoms. The van der Waals surface area contributed by atoms with Gasteiger partial charge in [-0.25, -0.2) is 0 Å². The lowest BCUT2D eigenvalue weighted by molar-refractivity contribution is -0.129. The molecule has 3 saturated carbocycles. The van der Waals surface area contributed by atoms with Gasteiger partial charge in [0.25, 0.3) is 0 Å². The third-order valence-corrected chi connectivity index (χ3v) is 11.7. The topological polar surface area (TPSA) is 29.5 Å². The molecule has 184 valence electrons. The summed E-state index contributed by atoms with van der Waals surface area (Å²) >= 11 is 0. The van der Waals surface area contributed by atoms with Crippen molar-refractivity contribution < 1.29 is 9.53 Å². The van der Waals surface area contributed by atoms with Crippen LogP contribution in [0.25, 0.3) is 0 Å². The molecular weight excluding hydrogens is 406 g/mol. The van der Waals surface area contributed by atoms with Crippen LogP contribution in [0, 0.1) is 35.0 Å². The molecule has 2 heterocycles. The molecule has 2 aliphatic heterocycles. The molecule has 1 spiro atoms. The molecule has 5 fully saturated rings. The van der Waals surface area contributed by atoms with Crippen LogP contribution in [0.5, 0.6) is 0 Å². The zero-order valence-corrected chi connectivity index (χ0v) is 21.9. The summed E-state index contributed by atoms with van der Waals surface area (Å²) in [5.41, 5.74) is 4.00. The summed E-state index contributed by atoms with van der Waals surface area (Å²) in [5, 5.41) is 0. The Morgan fingerprint density at radius 1 is 1.12 bits per heavy atom. The number of fused-ring (bicyclic) bond motifs is 6. The Bertz CT molecular complexity index is 846. The largest absolute Gasteiger partial charge is 0.370 e. The number of hydrogen-bond acceptors (Lipinski definition) is 3. The van der Waals surface area contributed by atoms with Crippen LogP contribution in [0.4, 0.5) is 0 Å². The van der Waals surface area contributed by atoms with Gasteiger partial charge < -0.3 is 4.74 Å². The number of likely N-dealkylation sites (tertiary alicyclic amines) is 1. The molecule has 6 rings (SSSR count). The molecule has 6 aliphatic rings. The van der Waals surface area contributed by atoms with E-state index in [1.165, 1.54) is 57.9 Å². The lowest BCUT2D eigenvalue weighted by Crippen LogP contribution is -2.51. The number of rotatable bonds is 1. The summed E-state index contributed by atoms with van der Waals surface area (Å²) < 4.78 is 7.10. The highest BCUT2D eigenvalue weighted by Crippen LogP contribution is 2.64. The molecule has 4 aliphatic carbocycles. The van der Waals surface area contributed by atoms with E-state index in [4.69, 9.17) is 4.74 Å². The quantitative estimate of drug-likeness (QED) is 0.421. The standard InChI is InChI=1S/C30H47NO2/c1-18(2)31-17-19(3)12-28-27(31)16-30(33-28)11-9-23-24-7-6-21-13-22(32)8-10-29(21,5)26(24)14-25(23)20(4)15-30/h18-19,21,23-24,26-28H,6-17H2,1-5H3/t19-,21+,23-,24-,26-,27-,28+,29-,30-/m0/s1. The lowest BCUT2D eigenvalue weighted by atomic mass is 9.52. The van der Waals surface area contributed by atoms with Crippen LogP contribution in [-0.2, 0) is 9.53 Å². The van der Waals surface area contributed by atoms with Gasteiger partial charge in [0.05, 0.1) is 11.7 Å². The van der Waals surface area contributed by atoms with Gasteiger partial charge in [0.2, 0.25) is 0 Å². The van der Waals surface area contributed by atoms with E-state index in [0.717, 1.165) is 42.9 Å². The normalized spacial score (nSPS) is 50.2. The highest BCUT2D eigenvalue weighted by atomic mass is 16.5. The van der Waals surface area contributed by atoms with Crippen molar-refractivity contribution in [3.05, 3.63) is 11.1 Å². The summed E-state index contributed by atoms with van der Waals surface area (Å²) in [7, 11) is 0. The molecule has 0 amide bonds. The lowest BCUT2D eigenvalue weighted by Gasteiger charge is -2.52. The van der Waals surface area contributed by atoms with Gasteiger partial charge in [-0.2, -0.15) is 0 Å². The van der Waals surface area contributed by atoms with Crippen LogP contribution >= 0.6 is 0 Å². The van der Waals surface area contributed by atoms with Crippen molar-refractivity contribution in [3.8, 4) is 0 Å². The van der Waals surface area contributed by atoms with E-state index in [9.17, 15) is 4.79 Å². The zero-order valence-electron chi connectivity index (χ0n) is 21.9. The molecule has 3 nitrogen and oxygen atoms in total. The predicted molar refractivity (Wildman–Crippen MR) is 133 cm³/mol. The monoisotopic (exact) mass is 453 g/mol. The fourth-order valence-corrected chi connectivity index (χ4v) is 10.1. The average Bonchev–Trinajstić information content (AvgIpc) is 3.27. The van der Waals surface area contributed by atoms with Gasteiger partial charge >= 0.3 is 0 Å². The number of hydrogen-bond donors (Lipinski definition) is 0. The van der Waals surface area contributed by atoms with Crippen molar-refractivity contribution in [2.75, 3.05) is 6.54 Å². The molecule has 9 atom stereocenters. The van der Waals surface area contributed by atoms with Crippen molar-refractivity contribution in [2.24, 2.45) is 35.0 Å². The van der Waals surface area contributed by atoms with E-state index in [1.807, 2.05) is 5.57 Å². The second-order valence-electron chi connectivity index (χ2n) is 13.9. The Hall–Kier alpha value is -0.670. The maximum atomic E-state index is 12.2. The first-order valence-corrected chi connectivity index (χ1v) is 14.3. The second-order valence-corrected chi connectivity index (χ2v) is 13.9. The Morgan fingerprint density at radius 2 is 1.94 bits per heavy atom. The maximum Gasteiger partial charge on any atom is 0.133 e. The van der Waals surface area contributed by atoms with Crippen LogP contribution in [0.2, 0.25) is 0 Å². The third-order valence-electron chi connectivity index (χ3n) is 11.7. The van der Waals surface area contributed by atoms with Crippen LogP contribution < -0.4 is 0 Å². The first-order valence-electron chi connectivity index (χ1n) is 14.3. The molecule has 0 radical (unpaired) electrons. The van der Waals surface area contributed by atoms with Crippen molar-refractivity contribution in [2.45, 2.75) is 129 Å². The minimum absolute atomic E-state index is 0.0851. The Balaban J connectivity index is 1.25. The first-order chi connectivity index (χ1) is 15.7. The van der Waals surface area contributed by atoms with Gasteiger partial charge in [-0.15, -0.1) is 0 Å².